The van der Waals surface area contributed by atoms with Crippen molar-refractivity contribution in [2.75, 3.05) is 5.75 Å². The van der Waals surface area contributed by atoms with Crippen molar-refractivity contribution >= 4 is 35.4 Å². The van der Waals surface area contributed by atoms with Gasteiger partial charge in [0.25, 0.3) is 5.23 Å². The first-order valence-corrected chi connectivity index (χ1v) is 6.13. The fourth-order valence-corrected chi connectivity index (χ4v) is 3.18. The predicted molar refractivity (Wildman–Crippen MR) is 64.7 cm³/mol. The van der Waals surface area contributed by atoms with E-state index in [1.807, 2.05) is 0 Å². The van der Waals surface area contributed by atoms with E-state index in [-0.39, 0.29) is 18.4 Å². The summed E-state index contributed by atoms with van der Waals surface area (Å²) in [5.74, 6) is 1.46. The van der Waals surface area contributed by atoms with Gasteiger partial charge in [0.05, 0.1) is 6.04 Å². The van der Waals surface area contributed by atoms with E-state index in [0.717, 1.165) is 11.7 Å². The number of carbonyl (C=O) groups excluding carboxylic acids is 1. The molecule has 86 valence electrons. The minimum atomic E-state index is -0.261. The number of hydrogen-bond donors (Lipinski definition) is 0. The molecule has 0 amide bonds. The Bertz CT molecular complexity index is 264. The highest BCUT2D eigenvalue weighted by molar-refractivity contribution is 8.13. The average Bonchev–Trinajstić information content (AvgIpc) is 2.69. The summed E-state index contributed by atoms with van der Waals surface area (Å²) in [6.07, 6.45) is 5.26. The molecule has 0 spiro atoms. The fraction of sp³-hybridized carbons (Fsp3) is 0.800. The second-order valence-corrected chi connectivity index (χ2v) is 4.88. The van der Waals surface area contributed by atoms with Gasteiger partial charge in [0.1, 0.15) is 0 Å². The lowest BCUT2D eigenvalue weighted by atomic mass is 10.0. The molecule has 0 aromatic rings. The van der Waals surface area contributed by atoms with Gasteiger partial charge in [-0.05, 0) is 18.8 Å². The molecule has 1 saturated carbocycles. The Morgan fingerprint density at radius 2 is 2.13 bits per heavy atom. The summed E-state index contributed by atoms with van der Waals surface area (Å²) in [4.78, 5) is 15.2. The molecular weight excluding hydrogens is 234 g/mol. The molecule has 1 unspecified atom stereocenters. The van der Waals surface area contributed by atoms with Crippen LogP contribution in [0.15, 0.2) is 4.99 Å². The lowest BCUT2D eigenvalue weighted by molar-refractivity contribution is -0.132. The highest BCUT2D eigenvalue weighted by Crippen LogP contribution is 2.34. The molecule has 3 nitrogen and oxygen atoms in total. The van der Waals surface area contributed by atoms with Crippen LogP contribution in [0.5, 0.6) is 0 Å². The molecule has 0 aromatic carbocycles. The van der Waals surface area contributed by atoms with Crippen molar-refractivity contribution in [3.63, 3.8) is 0 Å². The van der Waals surface area contributed by atoms with E-state index >= 15 is 0 Å². The summed E-state index contributed by atoms with van der Waals surface area (Å²) < 4.78 is 4.98. The van der Waals surface area contributed by atoms with Gasteiger partial charge in [0, 0.05) is 12.7 Å². The number of esters is 1. The van der Waals surface area contributed by atoms with Crippen LogP contribution < -0.4 is 0 Å². The first-order valence-electron chi connectivity index (χ1n) is 5.15. The van der Waals surface area contributed by atoms with Crippen LogP contribution in [-0.2, 0) is 9.53 Å². The van der Waals surface area contributed by atoms with Crippen LogP contribution in [0.1, 0.15) is 32.6 Å². The van der Waals surface area contributed by atoms with E-state index < -0.39 is 0 Å². The largest absolute Gasteiger partial charge is 0.402 e. The second kappa shape index (κ2) is 5.75. The van der Waals surface area contributed by atoms with Gasteiger partial charge < -0.3 is 4.74 Å². The van der Waals surface area contributed by atoms with E-state index in [1.165, 1.54) is 32.6 Å². The molecule has 1 atom stereocenters. The van der Waals surface area contributed by atoms with Crippen molar-refractivity contribution in [3.05, 3.63) is 0 Å². The van der Waals surface area contributed by atoms with Gasteiger partial charge >= 0.3 is 5.97 Å². The molecule has 0 radical (unpaired) electrons. The Morgan fingerprint density at radius 1 is 1.47 bits per heavy atom. The van der Waals surface area contributed by atoms with Crippen LogP contribution in [-0.4, -0.2) is 23.0 Å². The molecule has 2 rings (SSSR count). The zero-order chi connectivity index (χ0) is 9.97. The fourth-order valence-electron chi connectivity index (χ4n) is 2.13. The van der Waals surface area contributed by atoms with Crippen molar-refractivity contribution in [2.24, 2.45) is 10.9 Å². The number of aliphatic imine (C=N–C) groups is 1. The van der Waals surface area contributed by atoms with Crippen molar-refractivity contribution < 1.29 is 9.53 Å². The molecule has 15 heavy (non-hydrogen) atoms. The maximum absolute atomic E-state index is 10.7. The quantitative estimate of drug-likeness (QED) is 0.671. The molecule has 5 heteroatoms. The summed E-state index contributed by atoms with van der Waals surface area (Å²) in [6, 6.07) is 0.400. The molecule has 0 N–H and O–H groups in total. The van der Waals surface area contributed by atoms with Gasteiger partial charge in [-0.25, -0.2) is 4.99 Å². The van der Waals surface area contributed by atoms with Gasteiger partial charge in [-0.2, -0.15) is 0 Å². The van der Waals surface area contributed by atoms with E-state index in [2.05, 4.69) is 4.99 Å². The number of rotatable bonds is 1. The van der Waals surface area contributed by atoms with E-state index in [4.69, 9.17) is 4.74 Å². The Kier molecular flexibility index (Phi) is 4.93. The lowest BCUT2D eigenvalue weighted by Crippen LogP contribution is -2.15. The number of nitrogens with zero attached hydrogens (tertiary/aromatic N) is 1. The summed E-state index contributed by atoms with van der Waals surface area (Å²) >= 11 is 1.57. The maximum Gasteiger partial charge on any atom is 0.309 e. The number of ether oxygens (including phenoxy) is 1. The van der Waals surface area contributed by atoms with Crippen molar-refractivity contribution in [1.82, 2.24) is 0 Å². The van der Waals surface area contributed by atoms with Gasteiger partial charge in [-0.3, -0.25) is 4.79 Å². The zero-order valence-corrected chi connectivity index (χ0v) is 10.4. The van der Waals surface area contributed by atoms with Crippen LogP contribution in [0.4, 0.5) is 0 Å². The van der Waals surface area contributed by atoms with Gasteiger partial charge in [-0.15, -0.1) is 12.4 Å². The second-order valence-electron chi connectivity index (χ2n) is 3.91. The average molecular weight is 250 g/mol. The minimum Gasteiger partial charge on any atom is -0.402 e. The molecule has 0 aromatic heterocycles. The lowest BCUT2D eigenvalue weighted by Gasteiger charge is -2.12. The topological polar surface area (TPSA) is 38.7 Å². The normalized spacial score (nSPS) is 25.9. The van der Waals surface area contributed by atoms with Crippen LogP contribution in [0.25, 0.3) is 0 Å². The molecule has 0 bridgehead atoms. The number of carbonyl (C=O) groups is 1. The van der Waals surface area contributed by atoms with Crippen LogP contribution >= 0.6 is 24.2 Å². The molecule has 1 aliphatic carbocycles. The van der Waals surface area contributed by atoms with Crippen molar-refractivity contribution in [2.45, 2.75) is 38.6 Å². The molecular formula is C10H16ClNO2S. The van der Waals surface area contributed by atoms with Crippen molar-refractivity contribution in [1.29, 1.82) is 0 Å². The minimum absolute atomic E-state index is 0. The van der Waals surface area contributed by atoms with Gasteiger partial charge in [-0.1, -0.05) is 24.6 Å². The summed E-state index contributed by atoms with van der Waals surface area (Å²) in [5.41, 5.74) is 0. The Hall–Kier alpha value is -0.220. The third-order valence-electron chi connectivity index (χ3n) is 2.82. The van der Waals surface area contributed by atoms with Crippen LogP contribution in [0, 0.1) is 5.92 Å². The van der Waals surface area contributed by atoms with E-state index in [0.29, 0.717) is 11.3 Å². The first-order chi connectivity index (χ1) is 6.75. The molecule has 0 saturated heterocycles. The maximum atomic E-state index is 10.7. The monoisotopic (exact) mass is 249 g/mol. The van der Waals surface area contributed by atoms with E-state index in [1.54, 1.807) is 11.8 Å². The third-order valence-corrected chi connectivity index (χ3v) is 3.77. The van der Waals surface area contributed by atoms with Crippen LogP contribution in [0.3, 0.4) is 0 Å². The molecule has 1 fully saturated rings. The Labute approximate surface area is 100 Å². The Morgan fingerprint density at radius 3 is 2.73 bits per heavy atom. The van der Waals surface area contributed by atoms with Crippen molar-refractivity contribution in [3.8, 4) is 0 Å². The standard InChI is InChI=1S/C10H15NO2S.ClH/c1-7(12)13-10-11-9(6-14-10)8-4-2-3-5-8;/h8-9H,2-6H2,1H3;1H. The van der Waals surface area contributed by atoms with E-state index in [9.17, 15) is 4.79 Å². The summed E-state index contributed by atoms with van der Waals surface area (Å²) in [5, 5.41) is 0.578. The molecule has 1 heterocycles. The SMILES string of the molecule is CC(=O)OC1=NC(C2CCCC2)CS1.Cl. The highest BCUT2D eigenvalue weighted by Gasteiger charge is 2.30. The zero-order valence-electron chi connectivity index (χ0n) is 8.77. The number of hydrogen-bond acceptors (Lipinski definition) is 4. The summed E-state index contributed by atoms with van der Waals surface area (Å²) in [6.45, 7) is 1.42. The predicted octanol–water partition coefficient (Wildman–Crippen LogP) is 2.63. The van der Waals surface area contributed by atoms with Gasteiger partial charge in [0.15, 0.2) is 0 Å². The van der Waals surface area contributed by atoms with Crippen LogP contribution in [0.2, 0.25) is 0 Å². The highest BCUT2D eigenvalue weighted by atomic mass is 35.5. The van der Waals surface area contributed by atoms with Gasteiger partial charge in [0.2, 0.25) is 0 Å². The molecule has 2 aliphatic rings. The number of halogens is 1. The molecule has 1 aliphatic heterocycles. The third kappa shape index (κ3) is 3.38. The summed E-state index contributed by atoms with van der Waals surface area (Å²) in [7, 11) is 0. The Balaban J connectivity index is 0.00000112. The smallest absolute Gasteiger partial charge is 0.309 e. The first kappa shape index (κ1) is 12.8. The number of thioether (sulfide) groups is 1.